The number of carbonyl (C=O) groups is 3. The lowest BCUT2D eigenvalue weighted by molar-refractivity contribution is -0.114. The Morgan fingerprint density at radius 1 is 0.895 bits per heavy atom. The Hall–Kier alpha value is -4.21. The zero-order chi connectivity index (χ0) is 26.9. The summed E-state index contributed by atoms with van der Waals surface area (Å²) in [6.07, 6.45) is 1.64. The number of hydrogen-bond acceptors (Lipinski definition) is 6. The molecule has 3 N–H and O–H groups in total. The zero-order valence-corrected chi connectivity index (χ0v) is 22.5. The summed E-state index contributed by atoms with van der Waals surface area (Å²) in [5.41, 5.74) is 3.88. The summed E-state index contributed by atoms with van der Waals surface area (Å²) in [5.74, 6) is -0.730. The molecule has 1 aromatic heterocycles. The molecule has 192 valence electrons. The number of aryl methyl sites for hydroxylation is 2. The molecule has 0 fully saturated rings. The molecule has 0 aliphatic carbocycles. The number of amides is 3. The molecule has 0 unspecified atom stereocenters. The molecule has 4 rings (SSSR count). The molecule has 1 heterocycles. The van der Waals surface area contributed by atoms with E-state index in [0.717, 1.165) is 21.7 Å². The average molecular weight is 543 g/mol. The second kappa shape index (κ2) is 12.8. The fourth-order valence-corrected chi connectivity index (χ4v) is 4.72. The summed E-state index contributed by atoms with van der Waals surface area (Å²) < 4.78 is 0. The molecular weight excluding hydrogens is 516 g/mol. The quantitative estimate of drug-likeness (QED) is 0.181. The number of thiazole rings is 1. The first-order valence-corrected chi connectivity index (χ1v) is 13.6. The number of nitrogens with one attached hydrogen (secondary N) is 3. The second-order valence-electron chi connectivity index (χ2n) is 8.40. The minimum Gasteiger partial charge on any atom is -0.321 e. The van der Waals surface area contributed by atoms with Crippen molar-refractivity contribution in [1.29, 1.82) is 0 Å². The predicted molar refractivity (Wildman–Crippen MR) is 154 cm³/mol. The number of hydrogen-bond donors (Lipinski definition) is 3. The Kier molecular flexibility index (Phi) is 9.07. The first-order chi connectivity index (χ1) is 18.4. The first kappa shape index (κ1) is 26.8. The Morgan fingerprint density at radius 2 is 1.61 bits per heavy atom. The molecule has 0 bridgehead atoms. The number of nitrogens with zero attached hydrogens (tertiary/aromatic N) is 1. The predicted octanol–water partition coefficient (Wildman–Crippen LogP) is 5.90. The van der Waals surface area contributed by atoms with Crippen LogP contribution in [-0.4, -0.2) is 28.5 Å². The topological polar surface area (TPSA) is 100 Å². The lowest BCUT2D eigenvalue weighted by Crippen LogP contribution is -2.30. The van der Waals surface area contributed by atoms with E-state index in [4.69, 9.17) is 0 Å². The fraction of sp³-hybridized carbons (Fsp3) is 0.103. The molecule has 0 atom stereocenters. The molecule has 0 saturated heterocycles. The first-order valence-electron chi connectivity index (χ1n) is 11.8. The van der Waals surface area contributed by atoms with Crippen molar-refractivity contribution in [1.82, 2.24) is 10.3 Å². The molecule has 0 radical (unpaired) electrons. The molecular formula is C29H26N4O3S2. The van der Waals surface area contributed by atoms with Crippen molar-refractivity contribution < 1.29 is 14.4 Å². The SMILES string of the molecule is Cc1ccc(/C=C(\NC(=O)c2ccccc2)C(=O)Nc2ccc(SCC(=O)Nc3nc(C)cs3)cc2)cc1. The third-order valence-corrected chi connectivity index (χ3v) is 7.15. The Bertz CT molecular complexity index is 1450. The monoisotopic (exact) mass is 542 g/mol. The summed E-state index contributed by atoms with van der Waals surface area (Å²) in [6, 6.07) is 23.5. The van der Waals surface area contributed by atoms with Gasteiger partial charge in [0, 0.05) is 21.5 Å². The Morgan fingerprint density at radius 3 is 2.26 bits per heavy atom. The van der Waals surface area contributed by atoms with Crippen LogP contribution in [0.4, 0.5) is 10.8 Å². The minimum absolute atomic E-state index is 0.121. The van der Waals surface area contributed by atoms with Gasteiger partial charge < -0.3 is 16.0 Å². The maximum absolute atomic E-state index is 13.2. The van der Waals surface area contributed by atoms with Crippen molar-refractivity contribution in [3.05, 3.63) is 112 Å². The smallest absolute Gasteiger partial charge is 0.272 e. The number of carbonyl (C=O) groups excluding carboxylic acids is 3. The van der Waals surface area contributed by atoms with E-state index in [0.29, 0.717) is 16.4 Å². The summed E-state index contributed by atoms with van der Waals surface area (Å²) in [6.45, 7) is 3.86. The van der Waals surface area contributed by atoms with Crippen molar-refractivity contribution in [2.75, 3.05) is 16.4 Å². The Labute approximate surface area is 229 Å². The van der Waals surface area contributed by atoms with E-state index < -0.39 is 5.91 Å². The second-order valence-corrected chi connectivity index (χ2v) is 10.3. The largest absolute Gasteiger partial charge is 0.321 e. The van der Waals surface area contributed by atoms with Crippen LogP contribution in [0, 0.1) is 13.8 Å². The number of rotatable bonds is 9. The van der Waals surface area contributed by atoms with Gasteiger partial charge in [-0.1, -0.05) is 48.0 Å². The van der Waals surface area contributed by atoms with Crippen LogP contribution < -0.4 is 16.0 Å². The van der Waals surface area contributed by atoms with E-state index in [9.17, 15) is 14.4 Å². The van der Waals surface area contributed by atoms with Gasteiger partial charge >= 0.3 is 0 Å². The van der Waals surface area contributed by atoms with Gasteiger partial charge in [0.1, 0.15) is 5.70 Å². The highest BCUT2D eigenvalue weighted by Gasteiger charge is 2.15. The molecule has 0 saturated carbocycles. The molecule has 7 nitrogen and oxygen atoms in total. The van der Waals surface area contributed by atoms with E-state index in [1.165, 1.54) is 23.1 Å². The summed E-state index contributed by atoms with van der Waals surface area (Å²) in [4.78, 5) is 43.2. The molecule has 3 amide bonds. The summed E-state index contributed by atoms with van der Waals surface area (Å²) >= 11 is 2.77. The van der Waals surface area contributed by atoms with Crippen LogP contribution in [0.15, 0.2) is 94.8 Å². The van der Waals surface area contributed by atoms with E-state index in [-0.39, 0.29) is 23.3 Å². The molecule has 4 aromatic rings. The van der Waals surface area contributed by atoms with Gasteiger partial charge in [-0.2, -0.15) is 0 Å². The van der Waals surface area contributed by atoms with Gasteiger partial charge in [0.25, 0.3) is 11.8 Å². The average Bonchev–Trinajstić information content (AvgIpc) is 3.33. The van der Waals surface area contributed by atoms with Gasteiger partial charge in [-0.3, -0.25) is 14.4 Å². The maximum Gasteiger partial charge on any atom is 0.272 e. The maximum atomic E-state index is 13.2. The van der Waals surface area contributed by atoms with Gasteiger partial charge in [0.15, 0.2) is 5.13 Å². The molecule has 0 spiro atoms. The van der Waals surface area contributed by atoms with E-state index in [2.05, 4.69) is 20.9 Å². The van der Waals surface area contributed by atoms with Crippen LogP contribution in [0.25, 0.3) is 6.08 Å². The van der Waals surface area contributed by atoms with Gasteiger partial charge in [-0.05, 0) is 61.9 Å². The van der Waals surface area contributed by atoms with Crippen molar-refractivity contribution in [3.63, 3.8) is 0 Å². The van der Waals surface area contributed by atoms with Crippen LogP contribution >= 0.6 is 23.1 Å². The van der Waals surface area contributed by atoms with Gasteiger partial charge in [-0.25, -0.2) is 4.98 Å². The van der Waals surface area contributed by atoms with Gasteiger partial charge in [0.2, 0.25) is 5.91 Å². The van der Waals surface area contributed by atoms with Crippen LogP contribution in [0.3, 0.4) is 0 Å². The van der Waals surface area contributed by atoms with Crippen LogP contribution in [0.1, 0.15) is 27.2 Å². The van der Waals surface area contributed by atoms with Crippen molar-refractivity contribution in [3.8, 4) is 0 Å². The number of benzene rings is 3. The zero-order valence-electron chi connectivity index (χ0n) is 20.9. The van der Waals surface area contributed by atoms with E-state index in [1.54, 1.807) is 42.5 Å². The highest BCUT2D eigenvalue weighted by molar-refractivity contribution is 8.00. The summed E-state index contributed by atoms with van der Waals surface area (Å²) in [7, 11) is 0. The third-order valence-electron chi connectivity index (χ3n) is 5.26. The van der Waals surface area contributed by atoms with Gasteiger partial charge in [-0.15, -0.1) is 23.1 Å². The van der Waals surface area contributed by atoms with E-state index >= 15 is 0 Å². The van der Waals surface area contributed by atoms with Crippen molar-refractivity contribution >= 4 is 57.7 Å². The molecule has 9 heteroatoms. The number of thioether (sulfide) groups is 1. The number of aromatic nitrogens is 1. The summed E-state index contributed by atoms with van der Waals surface area (Å²) in [5, 5.41) is 10.8. The van der Waals surface area contributed by atoms with Crippen LogP contribution in [0.2, 0.25) is 0 Å². The highest BCUT2D eigenvalue weighted by atomic mass is 32.2. The lowest BCUT2D eigenvalue weighted by Gasteiger charge is -2.12. The van der Waals surface area contributed by atoms with Crippen molar-refractivity contribution in [2.24, 2.45) is 0 Å². The van der Waals surface area contributed by atoms with Crippen LogP contribution in [0.5, 0.6) is 0 Å². The van der Waals surface area contributed by atoms with Crippen LogP contribution in [-0.2, 0) is 9.59 Å². The standard InChI is InChI=1S/C29H26N4O3S2/c1-19-8-10-21(11-9-19)16-25(32-27(35)22-6-4-3-5-7-22)28(36)31-23-12-14-24(15-13-23)37-18-26(34)33-29-30-20(2)17-38-29/h3-17H,18H2,1-2H3,(H,31,36)(H,32,35)(H,30,33,34)/b25-16-. The lowest BCUT2D eigenvalue weighted by atomic mass is 10.1. The highest BCUT2D eigenvalue weighted by Crippen LogP contribution is 2.22. The molecule has 3 aromatic carbocycles. The normalized spacial score (nSPS) is 11.1. The fourth-order valence-electron chi connectivity index (χ4n) is 3.32. The molecule has 0 aliphatic rings. The Balaban J connectivity index is 1.40. The molecule has 0 aliphatic heterocycles. The number of anilines is 2. The van der Waals surface area contributed by atoms with Crippen molar-refractivity contribution in [2.45, 2.75) is 18.7 Å². The third kappa shape index (κ3) is 7.89. The van der Waals surface area contributed by atoms with E-state index in [1.807, 2.05) is 61.7 Å². The molecule has 38 heavy (non-hydrogen) atoms. The minimum atomic E-state index is -0.451. The van der Waals surface area contributed by atoms with Gasteiger partial charge in [0.05, 0.1) is 11.4 Å².